The summed E-state index contributed by atoms with van der Waals surface area (Å²) in [5, 5.41) is 0. The Morgan fingerprint density at radius 3 is 2.43 bits per heavy atom. The predicted molar refractivity (Wildman–Crippen MR) is 61.7 cm³/mol. The highest BCUT2D eigenvalue weighted by molar-refractivity contribution is 6.18. The van der Waals surface area contributed by atoms with Crippen molar-refractivity contribution in [1.82, 2.24) is 0 Å². The molecule has 1 aliphatic rings. The zero-order valence-corrected chi connectivity index (χ0v) is 9.21. The maximum absolute atomic E-state index is 6.02. The van der Waals surface area contributed by atoms with Crippen molar-refractivity contribution in [3.63, 3.8) is 0 Å². The van der Waals surface area contributed by atoms with Gasteiger partial charge in [-0.15, -0.1) is 11.6 Å². The van der Waals surface area contributed by atoms with Gasteiger partial charge in [-0.25, -0.2) is 0 Å². The van der Waals surface area contributed by atoms with Gasteiger partial charge in [0.05, 0.1) is 0 Å². The van der Waals surface area contributed by atoms with Crippen LogP contribution in [0.15, 0.2) is 30.3 Å². The fourth-order valence-electron chi connectivity index (χ4n) is 2.18. The summed E-state index contributed by atoms with van der Waals surface area (Å²) < 4.78 is 0. The van der Waals surface area contributed by atoms with Crippen LogP contribution in [0.4, 0.5) is 0 Å². The van der Waals surface area contributed by atoms with Gasteiger partial charge in [0.15, 0.2) is 0 Å². The van der Waals surface area contributed by atoms with E-state index in [9.17, 15) is 0 Å². The van der Waals surface area contributed by atoms with Gasteiger partial charge in [0.1, 0.15) is 0 Å². The predicted octanol–water partition coefficient (Wildman–Crippen LogP) is 3.88. The van der Waals surface area contributed by atoms with Gasteiger partial charge in [0.2, 0.25) is 0 Å². The topological polar surface area (TPSA) is 0 Å². The highest BCUT2D eigenvalue weighted by Gasteiger charge is 2.26. The van der Waals surface area contributed by atoms with E-state index in [-0.39, 0.29) is 0 Å². The van der Waals surface area contributed by atoms with E-state index in [2.05, 4.69) is 30.3 Å². The van der Waals surface area contributed by atoms with Crippen molar-refractivity contribution in [2.45, 2.75) is 25.7 Å². The van der Waals surface area contributed by atoms with Crippen LogP contribution in [-0.4, -0.2) is 5.88 Å². The minimum Gasteiger partial charge on any atom is -0.126 e. The molecule has 0 bridgehead atoms. The first-order valence-electron chi connectivity index (χ1n) is 5.50. The summed E-state index contributed by atoms with van der Waals surface area (Å²) in [6.45, 7) is 0. The average molecular weight is 209 g/mol. The van der Waals surface area contributed by atoms with Gasteiger partial charge in [-0.2, -0.15) is 0 Å². The van der Waals surface area contributed by atoms with E-state index in [0.29, 0.717) is 5.92 Å². The van der Waals surface area contributed by atoms with Gasteiger partial charge < -0.3 is 0 Å². The Balaban J connectivity index is 1.94. The summed E-state index contributed by atoms with van der Waals surface area (Å²) in [6.07, 6.45) is 5.36. The summed E-state index contributed by atoms with van der Waals surface area (Å²) in [6, 6.07) is 10.7. The average Bonchev–Trinajstić information content (AvgIpc) is 2.15. The van der Waals surface area contributed by atoms with E-state index < -0.39 is 0 Å². The number of benzene rings is 1. The molecule has 2 rings (SSSR count). The lowest BCUT2D eigenvalue weighted by Crippen LogP contribution is -2.25. The van der Waals surface area contributed by atoms with E-state index in [4.69, 9.17) is 11.6 Å². The Morgan fingerprint density at radius 1 is 1.21 bits per heavy atom. The zero-order valence-electron chi connectivity index (χ0n) is 8.45. The molecule has 0 saturated heterocycles. The third-order valence-electron chi connectivity index (χ3n) is 3.36. The van der Waals surface area contributed by atoms with Crippen molar-refractivity contribution in [3.8, 4) is 0 Å². The molecule has 1 atom stereocenters. The second-order valence-corrected chi connectivity index (χ2v) is 4.60. The Morgan fingerprint density at radius 2 is 1.93 bits per heavy atom. The summed E-state index contributed by atoms with van der Waals surface area (Å²) in [4.78, 5) is 0. The summed E-state index contributed by atoms with van der Waals surface area (Å²) in [5.74, 6) is 2.42. The number of rotatable bonds is 4. The number of hydrogen-bond acceptors (Lipinski definition) is 0. The van der Waals surface area contributed by atoms with Gasteiger partial charge in [0.25, 0.3) is 0 Å². The molecule has 0 spiro atoms. The highest BCUT2D eigenvalue weighted by atomic mass is 35.5. The molecule has 0 aromatic heterocycles. The Kier molecular flexibility index (Phi) is 3.47. The molecule has 1 fully saturated rings. The van der Waals surface area contributed by atoms with Crippen molar-refractivity contribution in [2.24, 2.45) is 11.8 Å². The molecular formula is C13H17Cl. The van der Waals surface area contributed by atoms with Crippen molar-refractivity contribution >= 4 is 11.6 Å². The maximum atomic E-state index is 6.02. The van der Waals surface area contributed by atoms with Gasteiger partial charge in [0, 0.05) is 5.88 Å². The second kappa shape index (κ2) is 4.84. The number of hydrogen-bond donors (Lipinski definition) is 0. The zero-order chi connectivity index (χ0) is 9.80. The standard InChI is InChI=1S/C13H17Cl/c14-10-13(12-7-4-8-12)9-11-5-2-1-3-6-11/h1-3,5-6,12-13H,4,7-10H2. The molecule has 76 valence electrons. The van der Waals surface area contributed by atoms with Gasteiger partial charge in [-0.05, 0) is 23.8 Å². The minimum absolute atomic E-state index is 0.702. The van der Waals surface area contributed by atoms with Gasteiger partial charge in [-0.1, -0.05) is 49.6 Å². The first kappa shape index (κ1) is 10.0. The van der Waals surface area contributed by atoms with Crippen LogP contribution >= 0.6 is 11.6 Å². The van der Waals surface area contributed by atoms with Crippen molar-refractivity contribution in [1.29, 1.82) is 0 Å². The molecule has 1 aromatic carbocycles. The van der Waals surface area contributed by atoms with Crippen molar-refractivity contribution in [2.75, 3.05) is 5.88 Å². The van der Waals surface area contributed by atoms with E-state index in [0.717, 1.165) is 18.2 Å². The molecule has 0 aliphatic heterocycles. The van der Waals surface area contributed by atoms with Crippen LogP contribution in [0.3, 0.4) is 0 Å². The summed E-state index contributed by atoms with van der Waals surface area (Å²) >= 11 is 6.02. The second-order valence-electron chi connectivity index (χ2n) is 4.30. The van der Waals surface area contributed by atoms with Gasteiger partial charge in [-0.3, -0.25) is 0 Å². The van der Waals surface area contributed by atoms with E-state index in [1.54, 1.807) is 0 Å². The maximum Gasteiger partial charge on any atom is 0.0257 e. The van der Waals surface area contributed by atoms with E-state index >= 15 is 0 Å². The minimum atomic E-state index is 0.702. The van der Waals surface area contributed by atoms with Gasteiger partial charge >= 0.3 is 0 Å². The van der Waals surface area contributed by atoms with Crippen LogP contribution < -0.4 is 0 Å². The molecule has 1 heteroatoms. The van der Waals surface area contributed by atoms with Crippen LogP contribution in [0.25, 0.3) is 0 Å². The van der Waals surface area contributed by atoms with Crippen LogP contribution in [0.1, 0.15) is 24.8 Å². The Labute approximate surface area is 91.3 Å². The highest BCUT2D eigenvalue weighted by Crippen LogP contribution is 2.35. The number of alkyl halides is 1. The molecule has 0 radical (unpaired) electrons. The van der Waals surface area contributed by atoms with E-state index in [1.165, 1.54) is 24.8 Å². The number of halogens is 1. The molecule has 0 amide bonds. The normalized spacial score (nSPS) is 18.9. The first-order chi connectivity index (χ1) is 6.90. The molecule has 1 aromatic rings. The van der Waals surface area contributed by atoms with Crippen LogP contribution in [0.5, 0.6) is 0 Å². The summed E-state index contributed by atoms with van der Waals surface area (Å²) in [7, 11) is 0. The largest absolute Gasteiger partial charge is 0.126 e. The molecule has 0 nitrogen and oxygen atoms in total. The summed E-state index contributed by atoms with van der Waals surface area (Å²) in [5.41, 5.74) is 1.44. The molecular weight excluding hydrogens is 192 g/mol. The molecule has 1 unspecified atom stereocenters. The third-order valence-corrected chi connectivity index (χ3v) is 3.75. The van der Waals surface area contributed by atoms with Crippen LogP contribution in [0, 0.1) is 11.8 Å². The molecule has 1 aliphatic carbocycles. The fraction of sp³-hybridized carbons (Fsp3) is 0.538. The lowest BCUT2D eigenvalue weighted by atomic mass is 9.74. The SMILES string of the molecule is ClCC(Cc1ccccc1)C1CCC1. The smallest absolute Gasteiger partial charge is 0.0257 e. The molecule has 14 heavy (non-hydrogen) atoms. The molecule has 0 N–H and O–H groups in total. The monoisotopic (exact) mass is 208 g/mol. The third kappa shape index (κ3) is 2.30. The lowest BCUT2D eigenvalue weighted by molar-refractivity contribution is 0.222. The van der Waals surface area contributed by atoms with Crippen LogP contribution in [0.2, 0.25) is 0 Å². The fourth-order valence-corrected chi connectivity index (χ4v) is 2.54. The van der Waals surface area contributed by atoms with Crippen molar-refractivity contribution in [3.05, 3.63) is 35.9 Å². The quantitative estimate of drug-likeness (QED) is 0.659. The molecule has 0 heterocycles. The van der Waals surface area contributed by atoms with Crippen LogP contribution in [-0.2, 0) is 6.42 Å². The Bertz CT molecular complexity index is 264. The molecule has 1 saturated carbocycles. The lowest BCUT2D eigenvalue weighted by Gasteiger charge is -2.32. The first-order valence-corrected chi connectivity index (χ1v) is 6.03. The van der Waals surface area contributed by atoms with Crippen molar-refractivity contribution < 1.29 is 0 Å². The Hall–Kier alpha value is -0.490. The van der Waals surface area contributed by atoms with E-state index in [1.807, 2.05) is 0 Å².